The average molecular weight is 461 g/mol. The van der Waals surface area contributed by atoms with Crippen LogP contribution in [0.1, 0.15) is 83.1 Å². The Hall–Kier alpha value is 1.20. The minimum atomic E-state index is -2.70. The molecular weight excluding hydrogens is 421 g/mol. The van der Waals surface area contributed by atoms with Crippen molar-refractivity contribution in [3.05, 3.63) is 0 Å². The van der Waals surface area contributed by atoms with Crippen LogP contribution < -0.4 is 0 Å². The number of hydrogen-bond acceptors (Lipinski definition) is 3. The fraction of sp³-hybridized carbons (Fsp3) is 1.00. The molecule has 0 amide bonds. The summed E-state index contributed by atoms with van der Waals surface area (Å²) in [6.07, 6.45) is 0. The van der Waals surface area contributed by atoms with E-state index in [-0.39, 0.29) is 16.8 Å². The van der Waals surface area contributed by atoms with E-state index < -0.39 is 35.6 Å². The summed E-state index contributed by atoms with van der Waals surface area (Å²) in [6.45, 7) is 25.9. The van der Waals surface area contributed by atoms with Crippen molar-refractivity contribution in [2.45, 2.75) is 99.9 Å². The van der Waals surface area contributed by atoms with Crippen LogP contribution in [0.2, 0.25) is 0 Å². The fourth-order valence-electron chi connectivity index (χ4n) is 0.750. The van der Waals surface area contributed by atoms with Gasteiger partial charge in [-0.25, -0.2) is 0 Å². The molecule has 0 saturated heterocycles. The third kappa shape index (κ3) is 7.40. The van der Waals surface area contributed by atoms with Crippen LogP contribution in [0, 0.1) is 53.3 Å². The summed E-state index contributed by atoms with van der Waals surface area (Å²) in [5.74, 6) is 1.23. The van der Waals surface area contributed by atoms with Gasteiger partial charge in [0.2, 0.25) is 0 Å². The first-order valence-electron chi connectivity index (χ1n) is 8.38. The molecule has 0 heterocycles. The second-order valence-electron chi connectivity index (χ2n) is 8.67. The summed E-state index contributed by atoms with van der Waals surface area (Å²) in [5.41, 5.74) is -0.710. The van der Waals surface area contributed by atoms with Crippen LogP contribution in [-0.4, -0.2) is 16.8 Å². The zero-order chi connectivity index (χ0) is 17.9. The molecule has 137 valence electrons. The van der Waals surface area contributed by atoms with Gasteiger partial charge >= 0.3 is 157 Å². The fourth-order valence-corrected chi connectivity index (χ4v) is 5.56. The van der Waals surface area contributed by atoms with Crippen LogP contribution in [0.4, 0.5) is 0 Å². The van der Waals surface area contributed by atoms with Crippen LogP contribution >= 0.6 is 0 Å². The van der Waals surface area contributed by atoms with Crippen LogP contribution in [-0.2, 0) is 3.52 Å². The second-order valence-corrected chi connectivity index (χ2v) is 11.2. The van der Waals surface area contributed by atoms with Gasteiger partial charge in [-0.15, -0.1) is 0 Å². The van der Waals surface area contributed by atoms with E-state index in [0.29, 0.717) is 17.8 Å². The molecule has 0 aliphatic rings. The van der Waals surface area contributed by atoms with E-state index in [4.69, 9.17) is 3.52 Å². The van der Waals surface area contributed by atoms with E-state index in [1.807, 2.05) is 0 Å². The molecule has 0 aromatic carbocycles. The Morgan fingerprint density at radius 3 is 0.818 bits per heavy atom. The summed E-state index contributed by atoms with van der Waals surface area (Å²) in [4.78, 5) is 0. The Morgan fingerprint density at radius 1 is 0.500 bits per heavy atom. The van der Waals surface area contributed by atoms with Crippen molar-refractivity contribution < 1.29 is 39.1 Å². The molecule has 0 radical (unpaired) electrons. The SMILES string of the molecule is CC(C)C(C)(C)[O][Gd]([O]C(C)(C)C(C)C)[O]C(C)(C)C(C)C. The van der Waals surface area contributed by atoms with Gasteiger partial charge in [-0.2, -0.15) is 0 Å². The van der Waals surface area contributed by atoms with Crippen molar-refractivity contribution in [2.75, 3.05) is 0 Å². The van der Waals surface area contributed by atoms with E-state index in [0.717, 1.165) is 0 Å². The first-order chi connectivity index (χ1) is 9.62. The topological polar surface area (TPSA) is 27.7 Å². The maximum absolute atomic E-state index is 6.40. The van der Waals surface area contributed by atoms with Crippen molar-refractivity contribution in [1.29, 1.82) is 0 Å². The van der Waals surface area contributed by atoms with Crippen LogP contribution in [0.15, 0.2) is 0 Å². The summed E-state index contributed by atoms with van der Waals surface area (Å²) in [5, 5.41) is 0. The quantitative estimate of drug-likeness (QED) is 0.441. The Kier molecular flexibility index (Phi) is 9.00. The Balaban J connectivity index is 5.25. The van der Waals surface area contributed by atoms with E-state index in [2.05, 4.69) is 83.1 Å². The number of hydrogen-bond donors (Lipinski definition) is 0. The third-order valence-corrected chi connectivity index (χ3v) is 9.62. The van der Waals surface area contributed by atoms with Crippen LogP contribution in [0.3, 0.4) is 0 Å². The van der Waals surface area contributed by atoms with E-state index >= 15 is 0 Å². The van der Waals surface area contributed by atoms with Gasteiger partial charge in [-0.3, -0.25) is 0 Å². The monoisotopic (exact) mass is 461 g/mol. The van der Waals surface area contributed by atoms with Crippen molar-refractivity contribution in [3.63, 3.8) is 0 Å². The molecule has 0 aromatic heterocycles. The molecule has 3 nitrogen and oxygen atoms in total. The predicted octanol–water partition coefficient (Wildman–Crippen LogP) is 5.71. The number of rotatable bonds is 9. The Morgan fingerprint density at radius 2 is 0.682 bits per heavy atom. The zero-order valence-electron chi connectivity index (χ0n) is 16.8. The molecule has 0 unspecified atom stereocenters. The van der Waals surface area contributed by atoms with Gasteiger partial charge in [-0.1, -0.05) is 0 Å². The summed E-state index contributed by atoms with van der Waals surface area (Å²) >= 11 is -2.70. The molecule has 0 atom stereocenters. The van der Waals surface area contributed by atoms with Gasteiger partial charge in [0, 0.05) is 0 Å². The molecule has 0 spiro atoms. The summed E-state index contributed by atoms with van der Waals surface area (Å²) < 4.78 is 19.2. The summed E-state index contributed by atoms with van der Waals surface area (Å²) in [6, 6.07) is 0. The molecule has 0 N–H and O–H groups in total. The standard InChI is InChI=1S/3C6H13O.Gd/c3*1-5(2)6(3,4)7;/h3*5H,1-4H3;/q3*-1;+3. The zero-order valence-corrected chi connectivity index (χ0v) is 19.1. The molecule has 22 heavy (non-hydrogen) atoms. The first-order valence-corrected chi connectivity index (χ1v) is 11.2. The Labute approximate surface area is 155 Å². The van der Waals surface area contributed by atoms with Crippen molar-refractivity contribution in [2.24, 2.45) is 17.8 Å². The first kappa shape index (κ1) is 23.2. The van der Waals surface area contributed by atoms with Gasteiger partial charge in [0.05, 0.1) is 0 Å². The Bertz CT molecular complexity index is 281. The normalized spacial score (nSPS) is 15.1. The molecule has 0 aliphatic carbocycles. The molecule has 0 rings (SSSR count). The van der Waals surface area contributed by atoms with Crippen LogP contribution in [0.5, 0.6) is 0 Å². The molecular formula is C18H39GdO3. The van der Waals surface area contributed by atoms with Crippen molar-refractivity contribution in [3.8, 4) is 0 Å². The second kappa shape index (κ2) is 8.53. The third-order valence-electron chi connectivity index (χ3n) is 4.91. The summed E-state index contributed by atoms with van der Waals surface area (Å²) in [7, 11) is 0. The van der Waals surface area contributed by atoms with Crippen molar-refractivity contribution >= 4 is 0 Å². The molecule has 0 saturated carbocycles. The molecule has 0 aromatic rings. The van der Waals surface area contributed by atoms with Crippen LogP contribution in [0.25, 0.3) is 0 Å². The minimum absolute atomic E-state index is 0.237. The van der Waals surface area contributed by atoms with E-state index in [1.54, 1.807) is 0 Å². The van der Waals surface area contributed by atoms with Crippen molar-refractivity contribution in [1.82, 2.24) is 0 Å². The van der Waals surface area contributed by atoms with Gasteiger partial charge in [0.1, 0.15) is 0 Å². The predicted molar refractivity (Wildman–Crippen MR) is 90.0 cm³/mol. The van der Waals surface area contributed by atoms with Gasteiger partial charge in [0.25, 0.3) is 0 Å². The van der Waals surface area contributed by atoms with Gasteiger partial charge in [0.15, 0.2) is 0 Å². The van der Waals surface area contributed by atoms with E-state index in [9.17, 15) is 0 Å². The van der Waals surface area contributed by atoms with Gasteiger partial charge in [-0.05, 0) is 0 Å². The molecule has 0 aliphatic heterocycles. The molecule has 0 fully saturated rings. The average Bonchev–Trinajstić information content (AvgIpc) is 2.25. The van der Waals surface area contributed by atoms with E-state index in [1.165, 1.54) is 0 Å². The van der Waals surface area contributed by atoms with Gasteiger partial charge < -0.3 is 0 Å². The maximum atomic E-state index is 6.40. The molecule has 0 bridgehead atoms. The molecule has 4 heteroatoms.